The maximum Gasteiger partial charge on any atom is 0.407 e. The van der Waals surface area contributed by atoms with Crippen LogP contribution in [0.1, 0.15) is 123 Å². The van der Waals surface area contributed by atoms with E-state index in [0.717, 1.165) is 89.7 Å². The Morgan fingerprint density at radius 1 is 1.00 bits per heavy atom. The van der Waals surface area contributed by atoms with Crippen molar-refractivity contribution in [1.29, 1.82) is 0 Å². The molecule has 4 N–H and O–H groups in total. The molecule has 4 rings (SSSR count). The second-order valence-electron chi connectivity index (χ2n) is 17.1. The standard InChI is InChI=1S/C43H74N4O7/c1-5-6-7-9-20-46(21-10-8-13-38(49)32-48)23-18-36-14-16-39(17-15-36)52-24-19-44-41(51)53-25-26-54-43-28-34(2)27-37(30-43)29-42(4,33-43)45-31-40(50)47-22-11-12-35(47)3/h14-17,34-35,37-38,45,48-49H,5-13,18-33H2,1-4H3,(H,44,51)/t34?,35-,37?,38?,42?,43?/m1/s1. The summed E-state index contributed by atoms with van der Waals surface area (Å²) >= 11 is 0. The Labute approximate surface area is 326 Å². The average Bonchev–Trinajstić information content (AvgIpc) is 3.58. The van der Waals surface area contributed by atoms with Crippen LogP contribution in [0.2, 0.25) is 0 Å². The normalized spacial score (nSPS) is 25.8. The van der Waals surface area contributed by atoms with Crippen LogP contribution in [-0.2, 0) is 20.7 Å². The summed E-state index contributed by atoms with van der Waals surface area (Å²) in [5.41, 5.74) is 0.827. The van der Waals surface area contributed by atoms with Crippen LogP contribution in [0.3, 0.4) is 0 Å². The molecule has 2 amide bonds. The number of unbranched alkanes of at least 4 members (excludes halogenated alkanes) is 4. The van der Waals surface area contributed by atoms with Gasteiger partial charge in [0.1, 0.15) is 19.0 Å². The molecule has 3 aliphatic rings. The second kappa shape index (κ2) is 23.0. The van der Waals surface area contributed by atoms with Gasteiger partial charge < -0.3 is 44.9 Å². The molecule has 2 saturated carbocycles. The van der Waals surface area contributed by atoms with Gasteiger partial charge in [-0.15, -0.1) is 0 Å². The number of carbonyl (C=O) groups excluding carboxylic acids is 2. The molecule has 11 heteroatoms. The Kier molecular flexibility index (Phi) is 18.8. The lowest BCUT2D eigenvalue weighted by Gasteiger charge is -2.54. The predicted octanol–water partition coefficient (Wildman–Crippen LogP) is 6.08. The van der Waals surface area contributed by atoms with Crippen LogP contribution in [-0.4, -0.2) is 121 Å². The van der Waals surface area contributed by atoms with Gasteiger partial charge in [0.05, 0.1) is 38.0 Å². The Balaban J connectivity index is 1.11. The van der Waals surface area contributed by atoms with Crippen molar-refractivity contribution in [3.05, 3.63) is 29.8 Å². The van der Waals surface area contributed by atoms with E-state index in [1.54, 1.807) is 0 Å². The van der Waals surface area contributed by atoms with Gasteiger partial charge in [-0.2, -0.15) is 0 Å². The van der Waals surface area contributed by atoms with Gasteiger partial charge in [0.15, 0.2) is 0 Å². The van der Waals surface area contributed by atoms with E-state index in [0.29, 0.717) is 50.6 Å². The molecule has 6 atom stereocenters. The summed E-state index contributed by atoms with van der Waals surface area (Å²) in [7, 11) is 0. The van der Waals surface area contributed by atoms with E-state index in [4.69, 9.17) is 19.3 Å². The van der Waals surface area contributed by atoms with Crippen LogP contribution in [0.15, 0.2) is 24.3 Å². The van der Waals surface area contributed by atoms with Crippen molar-refractivity contribution < 1.29 is 34.0 Å². The van der Waals surface area contributed by atoms with E-state index in [1.807, 2.05) is 17.0 Å². The zero-order valence-electron chi connectivity index (χ0n) is 34.1. The summed E-state index contributed by atoms with van der Waals surface area (Å²) in [6.07, 6.45) is 14.7. The minimum absolute atomic E-state index is 0.163. The van der Waals surface area contributed by atoms with Gasteiger partial charge in [-0.05, 0) is 134 Å². The topological polar surface area (TPSA) is 133 Å². The Bertz CT molecular complexity index is 1230. The van der Waals surface area contributed by atoms with Gasteiger partial charge in [0.25, 0.3) is 0 Å². The number of nitrogens with zero attached hydrogens (tertiary/aromatic N) is 2. The van der Waals surface area contributed by atoms with Gasteiger partial charge in [0, 0.05) is 24.7 Å². The highest BCUT2D eigenvalue weighted by Gasteiger charge is 2.50. The molecule has 54 heavy (non-hydrogen) atoms. The van der Waals surface area contributed by atoms with Gasteiger partial charge >= 0.3 is 6.09 Å². The van der Waals surface area contributed by atoms with Crippen molar-refractivity contribution in [1.82, 2.24) is 20.4 Å². The van der Waals surface area contributed by atoms with Crippen molar-refractivity contribution in [3.63, 3.8) is 0 Å². The summed E-state index contributed by atoms with van der Waals surface area (Å²) < 4.78 is 17.9. The number of ether oxygens (including phenoxy) is 3. The van der Waals surface area contributed by atoms with Crippen LogP contribution in [0.5, 0.6) is 5.75 Å². The van der Waals surface area contributed by atoms with Gasteiger partial charge in [0.2, 0.25) is 5.91 Å². The molecule has 11 nitrogen and oxygen atoms in total. The lowest BCUT2D eigenvalue weighted by atomic mass is 9.60. The quantitative estimate of drug-likeness (QED) is 0.0876. The van der Waals surface area contributed by atoms with Gasteiger partial charge in [-0.3, -0.25) is 4.79 Å². The number of hydrogen-bond acceptors (Lipinski definition) is 9. The van der Waals surface area contributed by atoms with Crippen LogP contribution in [0.25, 0.3) is 0 Å². The number of alkyl carbamates (subject to hydrolysis) is 1. The molecule has 1 saturated heterocycles. The Morgan fingerprint density at radius 3 is 2.50 bits per heavy atom. The number of amides is 2. The number of likely N-dealkylation sites (tertiary alicyclic amines) is 1. The van der Waals surface area contributed by atoms with Crippen molar-refractivity contribution in [2.24, 2.45) is 11.8 Å². The Morgan fingerprint density at radius 2 is 1.78 bits per heavy atom. The fraction of sp³-hybridized carbons (Fsp3) is 0.814. The average molecular weight is 759 g/mol. The van der Waals surface area contributed by atoms with Crippen molar-refractivity contribution in [2.45, 2.75) is 147 Å². The zero-order valence-corrected chi connectivity index (χ0v) is 34.1. The van der Waals surface area contributed by atoms with E-state index in [9.17, 15) is 14.7 Å². The molecule has 0 radical (unpaired) electrons. The fourth-order valence-electron chi connectivity index (χ4n) is 9.41. The molecular weight excluding hydrogens is 684 g/mol. The first-order chi connectivity index (χ1) is 26.0. The third kappa shape index (κ3) is 15.2. The van der Waals surface area contributed by atoms with E-state index >= 15 is 0 Å². The summed E-state index contributed by atoms with van der Waals surface area (Å²) in [5, 5.41) is 25.2. The summed E-state index contributed by atoms with van der Waals surface area (Å²) in [4.78, 5) is 29.9. The first-order valence-corrected chi connectivity index (χ1v) is 21.3. The van der Waals surface area contributed by atoms with Gasteiger partial charge in [-0.1, -0.05) is 45.2 Å². The molecule has 5 unspecified atom stereocenters. The van der Waals surface area contributed by atoms with E-state index in [1.165, 1.54) is 37.7 Å². The van der Waals surface area contributed by atoms with E-state index < -0.39 is 12.2 Å². The molecular formula is C43H74N4O7. The highest BCUT2D eigenvalue weighted by Crippen LogP contribution is 2.50. The first kappa shape index (κ1) is 44.3. The third-order valence-corrected chi connectivity index (χ3v) is 11.9. The first-order valence-electron chi connectivity index (χ1n) is 21.3. The monoisotopic (exact) mass is 759 g/mol. The number of aliphatic hydroxyl groups excluding tert-OH is 2. The second-order valence-corrected chi connectivity index (χ2v) is 17.1. The Hall–Kier alpha value is -2.44. The largest absolute Gasteiger partial charge is 0.492 e. The number of fused-ring (bicyclic) bond motifs is 2. The van der Waals surface area contributed by atoms with Crippen molar-refractivity contribution in [2.75, 3.05) is 65.7 Å². The molecule has 2 bridgehead atoms. The molecule has 1 aliphatic heterocycles. The number of carbonyl (C=O) groups is 2. The van der Waals surface area contributed by atoms with E-state index in [2.05, 4.69) is 55.4 Å². The minimum atomic E-state index is -0.607. The highest BCUT2D eigenvalue weighted by atomic mass is 16.6. The highest BCUT2D eigenvalue weighted by molar-refractivity contribution is 5.79. The van der Waals surface area contributed by atoms with Crippen molar-refractivity contribution >= 4 is 12.0 Å². The van der Waals surface area contributed by atoms with Crippen LogP contribution < -0.4 is 15.4 Å². The van der Waals surface area contributed by atoms with E-state index in [-0.39, 0.29) is 30.3 Å². The van der Waals surface area contributed by atoms with Crippen molar-refractivity contribution in [3.8, 4) is 5.75 Å². The van der Waals surface area contributed by atoms with Crippen LogP contribution >= 0.6 is 0 Å². The van der Waals surface area contributed by atoms with Crippen LogP contribution in [0.4, 0.5) is 4.79 Å². The number of benzene rings is 1. The molecule has 308 valence electrons. The third-order valence-electron chi connectivity index (χ3n) is 11.9. The summed E-state index contributed by atoms with van der Waals surface area (Å²) in [6, 6.07) is 8.52. The molecule has 1 aromatic carbocycles. The minimum Gasteiger partial charge on any atom is -0.492 e. The summed E-state index contributed by atoms with van der Waals surface area (Å²) in [5.74, 6) is 2.10. The lowest BCUT2D eigenvalue weighted by molar-refractivity contribution is -0.146. The molecule has 1 heterocycles. The maximum absolute atomic E-state index is 13.0. The summed E-state index contributed by atoms with van der Waals surface area (Å²) in [6.45, 7) is 14.3. The SMILES string of the molecule is CCCCCCN(CCCCC(O)CO)CCc1ccc(OCCNC(=O)OCCOC23CC(C)CC(CC(C)(NCC(=O)N4CCC[C@H]4C)C2)C3)cc1. The maximum atomic E-state index is 13.0. The number of nitrogens with one attached hydrogen (secondary N) is 2. The van der Waals surface area contributed by atoms with Crippen LogP contribution in [0, 0.1) is 11.8 Å². The molecule has 3 fully saturated rings. The number of aliphatic hydroxyl groups is 2. The molecule has 0 spiro atoms. The number of rotatable bonds is 25. The predicted molar refractivity (Wildman–Crippen MR) is 214 cm³/mol. The van der Waals surface area contributed by atoms with Gasteiger partial charge in [-0.25, -0.2) is 4.79 Å². The molecule has 1 aromatic rings. The lowest BCUT2D eigenvalue weighted by Crippen LogP contribution is -2.59. The molecule has 2 aliphatic carbocycles. The molecule has 0 aromatic heterocycles. The zero-order chi connectivity index (χ0) is 38.8. The smallest absolute Gasteiger partial charge is 0.407 e. The number of hydrogen-bond donors (Lipinski definition) is 4. The fourth-order valence-corrected chi connectivity index (χ4v) is 9.41.